The Kier molecular flexibility index (Phi) is 12.2. The molecule has 3 aromatic carbocycles. The summed E-state index contributed by atoms with van der Waals surface area (Å²) in [5.41, 5.74) is 3.51. The van der Waals surface area contributed by atoms with E-state index in [9.17, 15) is 28.4 Å². The molecule has 3 aromatic rings. The largest absolute Gasteiger partial charge is 0.463 e. The van der Waals surface area contributed by atoms with Gasteiger partial charge in [-0.2, -0.15) is 0 Å². The second kappa shape index (κ2) is 16.7. The number of halogens is 1. The number of esters is 4. The molecule has 0 aliphatic carbocycles. The van der Waals surface area contributed by atoms with Crippen molar-refractivity contribution < 1.29 is 52.0 Å². The second-order valence-electron chi connectivity index (χ2n) is 12.8. The van der Waals surface area contributed by atoms with Gasteiger partial charge in [0, 0.05) is 39.8 Å². The van der Waals surface area contributed by atoms with Gasteiger partial charge in [-0.05, 0) is 60.2 Å². The first-order chi connectivity index (χ1) is 24.4. The van der Waals surface area contributed by atoms with E-state index in [0.717, 1.165) is 35.2 Å². The molecule has 2 aliphatic rings. The zero-order valence-corrected chi connectivity index (χ0v) is 29.0. The van der Waals surface area contributed by atoms with Crippen molar-refractivity contribution in [1.29, 1.82) is 0 Å². The molecule has 51 heavy (non-hydrogen) atoms. The standard InChI is InChI=1S/C39H42FNO10/c1-23(42)47-22-34-37(49-25(3)44)38(50-26(4)45)36(48-24(2)43)33(51-34)21-28-13-17-29(18-14-28)35-32(12-8-9-27-15-19-30(40)20-16-27)39(46)41(35)31-10-6-5-7-11-31/h5-7,10-11,13-20,32-38H,8-9,12,21-22H2,1-4H3/t32-,33+,34-,35-,36+,37+,38-/m1/s1. The summed E-state index contributed by atoms with van der Waals surface area (Å²) in [4.78, 5) is 63.6. The number of rotatable bonds is 13. The number of para-hydroxylation sites is 1. The van der Waals surface area contributed by atoms with E-state index in [1.807, 2.05) is 54.6 Å². The Morgan fingerprint density at radius 3 is 1.86 bits per heavy atom. The van der Waals surface area contributed by atoms with Crippen molar-refractivity contribution in [3.63, 3.8) is 0 Å². The van der Waals surface area contributed by atoms with E-state index in [4.69, 9.17) is 23.7 Å². The summed E-state index contributed by atoms with van der Waals surface area (Å²) >= 11 is 0. The minimum atomic E-state index is -1.25. The van der Waals surface area contributed by atoms with E-state index in [-0.39, 0.29) is 36.7 Å². The Labute approximate surface area is 295 Å². The Balaban J connectivity index is 1.38. The number of benzene rings is 3. The zero-order valence-electron chi connectivity index (χ0n) is 29.0. The van der Waals surface area contributed by atoms with Crippen molar-refractivity contribution >= 4 is 35.5 Å². The van der Waals surface area contributed by atoms with Crippen LogP contribution in [0.1, 0.15) is 63.3 Å². The maximum Gasteiger partial charge on any atom is 0.303 e. The summed E-state index contributed by atoms with van der Waals surface area (Å²) in [7, 11) is 0. The van der Waals surface area contributed by atoms with Crippen molar-refractivity contribution in [3.05, 3.63) is 101 Å². The topological polar surface area (TPSA) is 135 Å². The lowest BCUT2D eigenvalue weighted by molar-refractivity contribution is -0.252. The first-order valence-electron chi connectivity index (χ1n) is 16.9. The number of carbonyl (C=O) groups is 5. The molecule has 0 spiro atoms. The Morgan fingerprint density at radius 1 is 0.706 bits per heavy atom. The number of ether oxygens (including phenoxy) is 5. The molecule has 2 aliphatic heterocycles. The van der Waals surface area contributed by atoms with Gasteiger partial charge in [0.05, 0.1) is 12.0 Å². The lowest BCUT2D eigenvalue weighted by Crippen LogP contribution is -2.62. The molecule has 0 unspecified atom stereocenters. The SMILES string of the molecule is CC(=O)OC[C@H]1O[C@@H](Cc2ccc([C@@H]3[C@@H](CCCc4ccc(F)cc4)C(=O)N3c3ccccc3)cc2)[C@H](OC(C)=O)[C@@H](OC(C)=O)[C@H]1OC(C)=O. The third-order valence-corrected chi connectivity index (χ3v) is 8.99. The molecule has 5 rings (SSSR count). The number of amides is 1. The maximum absolute atomic E-state index is 13.5. The number of aryl methyl sites for hydroxylation is 1. The highest BCUT2D eigenvalue weighted by Gasteiger charge is 2.52. The van der Waals surface area contributed by atoms with E-state index in [0.29, 0.717) is 6.42 Å². The van der Waals surface area contributed by atoms with Crippen molar-refractivity contribution in [2.45, 2.75) is 89.9 Å². The highest BCUT2D eigenvalue weighted by Crippen LogP contribution is 2.46. The average molecular weight is 704 g/mol. The van der Waals surface area contributed by atoms with Gasteiger partial charge in [0.25, 0.3) is 0 Å². The van der Waals surface area contributed by atoms with Gasteiger partial charge < -0.3 is 28.6 Å². The molecule has 0 radical (unpaired) electrons. The molecule has 0 aromatic heterocycles. The van der Waals surface area contributed by atoms with Crippen molar-refractivity contribution in [2.75, 3.05) is 11.5 Å². The van der Waals surface area contributed by atoms with Gasteiger partial charge >= 0.3 is 23.9 Å². The van der Waals surface area contributed by atoms with Crippen LogP contribution >= 0.6 is 0 Å². The fourth-order valence-electron chi connectivity index (χ4n) is 6.83. The van der Waals surface area contributed by atoms with E-state index in [2.05, 4.69) is 0 Å². The van der Waals surface area contributed by atoms with E-state index in [1.54, 1.807) is 17.0 Å². The van der Waals surface area contributed by atoms with Crippen LogP contribution in [0.5, 0.6) is 0 Å². The quantitative estimate of drug-likeness (QED) is 0.133. The van der Waals surface area contributed by atoms with Crippen LogP contribution < -0.4 is 4.90 Å². The van der Waals surface area contributed by atoms with E-state index in [1.165, 1.54) is 39.8 Å². The summed E-state index contributed by atoms with van der Waals surface area (Å²) in [6, 6.07) is 23.3. The summed E-state index contributed by atoms with van der Waals surface area (Å²) < 4.78 is 41.5. The number of hydrogen-bond donors (Lipinski definition) is 0. The van der Waals surface area contributed by atoms with Gasteiger partial charge in [-0.25, -0.2) is 4.39 Å². The molecular formula is C39H42FNO10. The minimum absolute atomic E-state index is 0.0341. The van der Waals surface area contributed by atoms with Crippen molar-refractivity contribution in [1.82, 2.24) is 0 Å². The molecule has 11 nitrogen and oxygen atoms in total. The lowest BCUT2D eigenvalue weighted by atomic mass is 9.78. The van der Waals surface area contributed by atoms with Crippen LogP contribution in [-0.2, 0) is 60.5 Å². The molecule has 0 saturated carbocycles. The zero-order chi connectivity index (χ0) is 36.7. The van der Waals surface area contributed by atoms with Crippen LogP contribution in [0.4, 0.5) is 10.1 Å². The molecule has 1 amide bonds. The number of β-lactam (4-membered cyclic amide) rings is 1. The Morgan fingerprint density at radius 2 is 1.27 bits per heavy atom. The summed E-state index contributed by atoms with van der Waals surface area (Å²) in [5.74, 6) is -3.16. The van der Waals surface area contributed by atoms with E-state index >= 15 is 0 Å². The van der Waals surface area contributed by atoms with Crippen molar-refractivity contribution in [2.24, 2.45) is 5.92 Å². The van der Waals surface area contributed by atoms with Crippen LogP contribution in [0, 0.1) is 11.7 Å². The molecule has 0 N–H and O–H groups in total. The second-order valence-corrected chi connectivity index (χ2v) is 12.8. The van der Waals surface area contributed by atoms with Gasteiger partial charge in [0.1, 0.15) is 24.6 Å². The molecule has 0 bridgehead atoms. The summed E-state index contributed by atoms with van der Waals surface area (Å²) in [6.07, 6.45) is -3.25. The number of hydrogen-bond acceptors (Lipinski definition) is 10. The highest BCUT2D eigenvalue weighted by atomic mass is 19.1. The normalized spacial score (nSPS) is 24.2. The van der Waals surface area contributed by atoms with Gasteiger partial charge in [0.15, 0.2) is 18.3 Å². The van der Waals surface area contributed by atoms with E-state index < -0.39 is 54.4 Å². The fourth-order valence-corrected chi connectivity index (χ4v) is 6.83. The minimum Gasteiger partial charge on any atom is -0.463 e. The van der Waals surface area contributed by atoms with Crippen LogP contribution in [0.3, 0.4) is 0 Å². The summed E-state index contributed by atoms with van der Waals surface area (Å²) in [6.45, 7) is 4.48. The third-order valence-electron chi connectivity index (χ3n) is 8.99. The molecule has 12 heteroatoms. The lowest BCUT2D eigenvalue weighted by Gasteiger charge is -2.48. The predicted molar refractivity (Wildman–Crippen MR) is 182 cm³/mol. The number of carbonyl (C=O) groups excluding carboxylic acids is 5. The van der Waals surface area contributed by atoms with Gasteiger partial charge in [-0.15, -0.1) is 0 Å². The van der Waals surface area contributed by atoms with Crippen LogP contribution in [0.2, 0.25) is 0 Å². The first kappa shape index (κ1) is 37.2. The summed E-state index contributed by atoms with van der Waals surface area (Å²) in [5, 5.41) is 0. The maximum atomic E-state index is 13.5. The van der Waals surface area contributed by atoms with Crippen molar-refractivity contribution in [3.8, 4) is 0 Å². The molecule has 2 heterocycles. The van der Waals surface area contributed by atoms with Gasteiger partial charge in [-0.3, -0.25) is 24.0 Å². The Bertz CT molecular complexity index is 1700. The van der Waals surface area contributed by atoms with Crippen LogP contribution in [0.25, 0.3) is 0 Å². The third kappa shape index (κ3) is 9.37. The number of anilines is 1. The Hall–Kier alpha value is -5.10. The molecular weight excluding hydrogens is 661 g/mol. The predicted octanol–water partition coefficient (Wildman–Crippen LogP) is 5.22. The number of nitrogens with zero attached hydrogens (tertiary/aromatic N) is 1. The van der Waals surface area contributed by atoms with Crippen LogP contribution in [-0.4, -0.2) is 66.9 Å². The van der Waals surface area contributed by atoms with Gasteiger partial charge in [-0.1, -0.05) is 54.6 Å². The van der Waals surface area contributed by atoms with Crippen LogP contribution in [0.15, 0.2) is 78.9 Å². The molecule has 7 atom stereocenters. The smallest absolute Gasteiger partial charge is 0.303 e. The molecule has 270 valence electrons. The molecule has 2 saturated heterocycles. The van der Waals surface area contributed by atoms with Gasteiger partial charge in [0.2, 0.25) is 5.91 Å². The molecule has 2 fully saturated rings. The monoisotopic (exact) mass is 703 g/mol. The first-order valence-corrected chi connectivity index (χ1v) is 16.9. The highest BCUT2D eigenvalue weighted by molar-refractivity contribution is 6.03. The fraction of sp³-hybridized carbons (Fsp3) is 0.410. The average Bonchev–Trinajstić information content (AvgIpc) is 3.08.